The van der Waals surface area contributed by atoms with Gasteiger partial charge in [0.15, 0.2) is 0 Å². The van der Waals surface area contributed by atoms with Gasteiger partial charge in [0, 0.05) is 11.3 Å². The standard InChI is InChI=1S/C11H11F3N2O2/c1-7-8(6-15-18)3-2-4-9(7)16-10(17)5-11(12,13)14/h2-4,6,18H,5H2,1H3,(H,16,17)/b15-6+. The maximum absolute atomic E-state index is 12.0. The van der Waals surface area contributed by atoms with Crippen LogP contribution in [0.5, 0.6) is 0 Å². The van der Waals surface area contributed by atoms with Crippen molar-refractivity contribution in [2.45, 2.75) is 19.5 Å². The highest BCUT2D eigenvalue weighted by Crippen LogP contribution is 2.22. The van der Waals surface area contributed by atoms with Crippen LogP contribution in [0.25, 0.3) is 0 Å². The molecule has 0 atom stereocenters. The fourth-order valence-corrected chi connectivity index (χ4v) is 1.37. The number of nitrogens with one attached hydrogen (secondary N) is 1. The maximum Gasteiger partial charge on any atom is 0.397 e. The Morgan fingerprint density at radius 1 is 1.50 bits per heavy atom. The zero-order valence-corrected chi connectivity index (χ0v) is 9.45. The second kappa shape index (κ2) is 5.52. The number of halogens is 3. The van der Waals surface area contributed by atoms with Crippen LogP contribution in [0.4, 0.5) is 18.9 Å². The van der Waals surface area contributed by atoms with E-state index < -0.39 is 18.5 Å². The van der Waals surface area contributed by atoms with E-state index >= 15 is 0 Å². The molecule has 0 spiro atoms. The van der Waals surface area contributed by atoms with Crippen LogP contribution in [-0.4, -0.2) is 23.5 Å². The van der Waals surface area contributed by atoms with Crippen LogP contribution in [0.15, 0.2) is 23.4 Å². The van der Waals surface area contributed by atoms with Crippen LogP contribution in [0.3, 0.4) is 0 Å². The number of hydrogen-bond acceptors (Lipinski definition) is 3. The smallest absolute Gasteiger partial charge is 0.397 e. The predicted molar refractivity (Wildman–Crippen MR) is 59.9 cm³/mol. The van der Waals surface area contributed by atoms with Gasteiger partial charge < -0.3 is 10.5 Å². The molecule has 1 aromatic carbocycles. The summed E-state index contributed by atoms with van der Waals surface area (Å²) in [7, 11) is 0. The van der Waals surface area contributed by atoms with Gasteiger partial charge in [-0.2, -0.15) is 13.2 Å². The highest BCUT2D eigenvalue weighted by atomic mass is 19.4. The van der Waals surface area contributed by atoms with Crippen molar-refractivity contribution in [1.29, 1.82) is 0 Å². The van der Waals surface area contributed by atoms with Crippen molar-refractivity contribution in [3.63, 3.8) is 0 Å². The van der Waals surface area contributed by atoms with Crippen molar-refractivity contribution in [3.05, 3.63) is 29.3 Å². The molecule has 0 aliphatic heterocycles. The second-order valence-electron chi connectivity index (χ2n) is 3.60. The molecule has 0 radical (unpaired) electrons. The van der Waals surface area contributed by atoms with E-state index in [4.69, 9.17) is 5.21 Å². The topological polar surface area (TPSA) is 61.7 Å². The Labute approximate surface area is 101 Å². The molecule has 4 nitrogen and oxygen atoms in total. The molecule has 7 heteroatoms. The predicted octanol–water partition coefficient (Wildman–Crippen LogP) is 2.69. The first-order valence-electron chi connectivity index (χ1n) is 4.97. The molecule has 0 saturated heterocycles. The summed E-state index contributed by atoms with van der Waals surface area (Å²) in [4.78, 5) is 11.1. The fraction of sp³-hybridized carbons (Fsp3) is 0.273. The summed E-state index contributed by atoms with van der Waals surface area (Å²) in [6.07, 6.45) is -4.94. The van der Waals surface area contributed by atoms with Crippen LogP contribution < -0.4 is 5.32 Å². The molecule has 98 valence electrons. The first-order chi connectivity index (χ1) is 8.33. The van der Waals surface area contributed by atoms with Crippen LogP contribution in [0.1, 0.15) is 17.5 Å². The normalized spacial score (nSPS) is 11.8. The summed E-state index contributed by atoms with van der Waals surface area (Å²) < 4.78 is 36.0. The summed E-state index contributed by atoms with van der Waals surface area (Å²) in [5, 5.41) is 13.4. The Balaban J connectivity index is 2.85. The molecule has 0 aliphatic carbocycles. The average Bonchev–Trinajstić information content (AvgIpc) is 2.21. The van der Waals surface area contributed by atoms with Crippen LogP contribution in [-0.2, 0) is 4.79 Å². The number of hydrogen-bond donors (Lipinski definition) is 2. The molecule has 0 aromatic heterocycles. The summed E-state index contributed by atoms with van der Waals surface area (Å²) in [6, 6.07) is 4.61. The van der Waals surface area contributed by atoms with E-state index in [2.05, 4.69) is 10.5 Å². The summed E-state index contributed by atoms with van der Waals surface area (Å²) in [5.41, 5.74) is 1.27. The van der Waals surface area contributed by atoms with Gasteiger partial charge in [-0.25, -0.2) is 0 Å². The van der Waals surface area contributed by atoms with Crippen LogP contribution >= 0.6 is 0 Å². The van der Waals surface area contributed by atoms with E-state index in [1.54, 1.807) is 13.0 Å². The van der Waals surface area contributed by atoms with Gasteiger partial charge >= 0.3 is 6.18 Å². The van der Waals surface area contributed by atoms with Gasteiger partial charge in [-0.3, -0.25) is 4.79 Å². The molecule has 0 fully saturated rings. The van der Waals surface area contributed by atoms with Crippen molar-refractivity contribution in [2.24, 2.45) is 5.16 Å². The minimum absolute atomic E-state index is 0.252. The Kier molecular flexibility index (Phi) is 4.30. The molecule has 0 unspecified atom stereocenters. The summed E-state index contributed by atoms with van der Waals surface area (Å²) >= 11 is 0. The van der Waals surface area contributed by atoms with E-state index in [-0.39, 0.29) is 5.69 Å². The van der Waals surface area contributed by atoms with E-state index in [9.17, 15) is 18.0 Å². The second-order valence-corrected chi connectivity index (χ2v) is 3.60. The third-order valence-corrected chi connectivity index (χ3v) is 2.21. The van der Waals surface area contributed by atoms with Gasteiger partial charge in [-0.1, -0.05) is 17.3 Å². The van der Waals surface area contributed by atoms with Crippen molar-refractivity contribution >= 4 is 17.8 Å². The van der Waals surface area contributed by atoms with Crippen molar-refractivity contribution in [2.75, 3.05) is 5.32 Å². The number of rotatable bonds is 3. The lowest BCUT2D eigenvalue weighted by Crippen LogP contribution is -2.21. The van der Waals surface area contributed by atoms with Crippen molar-refractivity contribution in [3.8, 4) is 0 Å². The molecule has 0 heterocycles. The van der Waals surface area contributed by atoms with Gasteiger partial charge in [0.25, 0.3) is 0 Å². The molecule has 0 aliphatic rings. The number of oxime groups is 1. The largest absolute Gasteiger partial charge is 0.411 e. The lowest BCUT2D eigenvalue weighted by Gasteiger charge is -2.11. The van der Waals surface area contributed by atoms with E-state index in [0.717, 1.165) is 6.21 Å². The van der Waals surface area contributed by atoms with E-state index in [0.29, 0.717) is 11.1 Å². The number of nitrogens with zero attached hydrogens (tertiary/aromatic N) is 1. The fourth-order valence-electron chi connectivity index (χ4n) is 1.37. The van der Waals surface area contributed by atoms with Crippen molar-refractivity contribution < 1.29 is 23.2 Å². The van der Waals surface area contributed by atoms with Gasteiger partial charge in [-0.15, -0.1) is 0 Å². The lowest BCUT2D eigenvalue weighted by molar-refractivity contribution is -0.150. The number of benzene rings is 1. The average molecular weight is 260 g/mol. The zero-order chi connectivity index (χ0) is 13.8. The van der Waals surface area contributed by atoms with Gasteiger partial charge in [0.1, 0.15) is 6.42 Å². The Morgan fingerprint density at radius 2 is 2.17 bits per heavy atom. The SMILES string of the molecule is Cc1c(/C=N/O)cccc1NC(=O)CC(F)(F)F. The number of amides is 1. The molecule has 0 saturated carbocycles. The summed E-state index contributed by atoms with van der Waals surface area (Å²) in [5.74, 6) is -1.14. The minimum Gasteiger partial charge on any atom is -0.411 e. The zero-order valence-electron chi connectivity index (χ0n) is 9.45. The van der Waals surface area contributed by atoms with Gasteiger partial charge in [-0.05, 0) is 18.6 Å². The quantitative estimate of drug-likeness (QED) is 0.498. The Morgan fingerprint density at radius 3 is 2.72 bits per heavy atom. The third-order valence-electron chi connectivity index (χ3n) is 2.21. The van der Waals surface area contributed by atoms with E-state index in [1.807, 2.05) is 0 Å². The highest BCUT2D eigenvalue weighted by molar-refractivity contribution is 5.94. The van der Waals surface area contributed by atoms with Gasteiger partial charge in [0.2, 0.25) is 5.91 Å². The number of carbonyl (C=O) groups excluding carboxylic acids is 1. The molecule has 2 N–H and O–H groups in total. The molecule has 0 bridgehead atoms. The summed E-state index contributed by atoms with van der Waals surface area (Å²) in [6.45, 7) is 1.60. The monoisotopic (exact) mass is 260 g/mol. The van der Waals surface area contributed by atoms with Crippen molar-refractivity contribution in [1.82, 2.24) is 0 Å². The molecule has 1 aromatic rings. The minimum atomic E-state index is -4.54. The highest BCUT2D eigenvalue weighted by Gasteiger charge is 2.31. The molecule has 1 amide bonds. The maximum atomic E-state index is 12.0. The third kappa shape index (κ3) is 4.08. The van der Waals surface area contributed by atoms with Crippen LogP contribution in [0.2, 0.25) is 0 Å². The Bertz CT molecular complexity index is 470. The Hall–Kier alpha value is -2.05. The molecular weight excluding hydrogens is 249 g/mol. The number of carbonyl (C=O) groups is 1. The van der Waals surface area contributed by atoms with E-state index in [1.165, 1.54) is 12.1 Å². The van der Waals surface area contributed by atoms with Gasteiger partial charge in [0.05, 0.1) is 6.21 Å². The number of alkyl halides is 3. The number of anilines is 1. The molecule has 18 heavy (non-hydrogen) atoms. The molecular formula is C11H11F3N2O2. The lowest BCUT2D eigenvalue weighted by atomic mass is 10.1. The first-order valence-corrected chi connectivity index (χ1v) is 4.97. The molecule has 1 rings (SSSR count). The van der Waals surface area contributed by atoms with Crippen LogP contribution in [0, 0.1) is 6.92 Å². The first kappa shape index (κ1) is 14.0.